The van der Waals surface area contributed by atoms with Gasteiger partial charge in [-0.25, -0.2) is 0 Å². The Balaban J connectivity index is 2.29. The average molecular weight is 220 g/mol. The Bertz CT molecular complexity index is 404. The number of ether oxygens (including phenoxy) is 1. The molecule has 0 radical (unpaired) electrons. The van der Waals surface area contributed by atoms with Crippen LogP contribution in [0.5, 0.6) is 5.75 Å². The summed E-state index contributed by atoms with van der Waals surface area (Å²) >= 11 is 0. The normalized spacial score (nSPS) is 14.2. The quantitative estimate of drug-likeness (QED) is 0.806. The molecule has 1 aromatic carbocycles. The highest BCUT2D eigenvalue weighted by atomic mass is 16.5. The molecule has 1 aromatic rings. The van der Waals surface area contributed by atoms with Gasteiger partial charge in [0, 0.05) is 0 Å². The molecule has 16 heavy (non-hydrogen) atoms. The molecule has 1 heterocycles. The molecule has 0 saturated heterocycles. The number of nitrogens with zero attached hydrogens (tertiary/aromatic N) is 1. The summed E-state index contributed by atoms with van der Waals surface area (Å²) in [6.45, 7) is 3.55. The third-order valence-electron chi connectivity index (χ3n) is 2.61. The van der Waals surface area contributed by atoms with Crippen LogP contribution in [0.15, 0.2) is 18.2 Å². The van der Waals surface area contributed by atoms with Gasteiger partial charge in [-0.15, -0.1) is 0 Å². The van der Waals surface area contributed by atoms with Crippen molar-refractivity contribution in [1.29, 1.82) is 0 Å². The lowest BCUT2D eigenvalue weighted by molar-refractivity contribution is -0.118. The van der Waals surface area contributed by atoms with Gasteiger partial charge in [-0.1, -0.05) is 6.07 Å². The maximum Gasteiger partial charge on any atom is 0.241 e. The molecule has 0 atom stereocenters. The largest absolute Gasteiger partial charge is 0.490 e. The van der Waals surface area contributed by atoms with Crippen molar-refractivity contribution in [2.45, 2.75) is 6.92 Å². The topological polar surface area (TPSA) is 41.6 Å². The smallest absolute Gasteiger partial charge is 0.241 e. The van der Waals surface area contributed by atoms with E-state index in [1.54, 1.807) is 11.9 Å². The van der Waals surface area contributed by atoms with Crippen molar-refractivity contribution in [2.75, 3.05) is 31.6 Å². The molecule has 1 N–H and O–H groups in total. The second-order valence-corrected chi connectivity index (χ2v) is 3.90. The van der Waals surface area contributed by atoms with Gasteiger partial charge in [-0.2, -0.15) is 0 Å². The molecule has 4 nitrogen and oxygen atoms in total. The van der Waals surface area contributed by atoms with E-state index >= 15 is 0 Å². The average Bonchev–Trinajstić information content (AvgIpc) is 2.28. The van der Waals surface area contributed by atoms with E-state index in [0.717, 1.165) is 17.0 Å². The van der Waals surface area contributed by atoms with Gasteiger partial charge in [0.2, 0.25) is 5.91 Å². The predicted octanol–water partition coefficient (Wildman–Crippen LogP) is 0.940. The van der Waals surface area contributed by atoms with Crippen LogP contribution in [0.1, 0.15) is 5.56 Å². The summed E-state index contributed by atoms with van der Waals surface area (Å²) in [5.41, 5.74) is 2.01. The number of anilines is 1. The highest BCUT2D eigenvalue weighted by molar-refractivity contribution is 5.96. The predicted molar refractivity (Wildman–Crippen MR) is 63.0 cm³/mol. The summed E-state index contributed by atoms with van der Waals surface area (Å²) in [5.74, 6) is 0.881. The first-order chi connectivity index (χ1) is 7.72. The summed E-state index contributed by atoms with van der Waals surface area (Å²) in [5, 5.41) is 2.87. The molecular weight excluding hydrogens is 204 g/mol. The van der Waals surface area contributed by atoms with Crippen LogP contribution in [0.3, 0.4) is 0 Å². The molecule has 0 aromatic heterocycles. The second-order valence-electron chi connectivity index (χ2n) is 3.90. The Morgan fingerprint density at radius 1 is 1.56 bits per heavy atom. The van der Waals surface area contributed by atoms with E-state index in [1.807, 2.05) is 25.1 Å². The first-order valence-electron chi connectivity index (χ1n) is 5.41. The molecule has 0 spiro atoms. The zero-order chi connectivity index (χ0) is 11.5. The number of fused-ring (bicyclic) bond motifs is 1. The minimum atomic E-state index is 0.0795. The van der Waals surface area contributed by atoms with Gasteiger partial charge in [-0.05, 0) is 31.7 Å². The summed E-state index contributed by atoms with van der Waals surface area (Å²) in [6.07, 6.45) is 0. The third kappa shape index (κ3) is 2.02. The number of benzene rings is 1. The summed E-state index contributed by atoms with van der Waals surface area (Å²) in [4.78, 5) is 13.6. The lowest BCUT2D eigenvalue weighted by Gasteiger charge is -2.29. The fourth-order valence-corrected chi connectivity index (χ4v) is 1.83. The van der Waals surface area contributed by atoms with E-state index in [1.165, 1.54) is 0 Å². The molecule has 4 heteroatoms. The lowest BCUT2D eigenvalue weighted by Crippen LogP contribution is -2.42. The highest BCUT2D eigenvalue weighted by Crippen LogP contribution is 2.32. The van der Waals surface area contributed by atoms with Gasteiger partial charge in [0.1, 0.15) is 12.4 Å². The van der Waals surface area contributed by atoms with Crippen molar-refractivity contribution in [3.8, 4) is 5.75 Å². The van der Waals surface area contributed by atoms with Crippen LogP contribution in [0.2, 0.25) is 0 Å². The number of aryl methyl sites for hydroxylation is 1. The number of amides is 1. The molecule has 86 valence electrons. The number of carbonyl (C=O) groups excluding carboxylic acids is 1. The van der Waals surface area contributed by atoms with E-state index in [0.29, 0.717) is 19.7 Å². The fraction of sp³-hybridized carbons (Fsp3) is 0.417. The number of nitrogens with one attached hydrogen (secondary N) is 1. The third-order valence-corrected chi connectivity index (χ3v) is 2.61. The van der Waals surface area contributed by atoms with E-state index in [2.05, 4.69) is 5.32 Å². The van der Waals surface area contributed by atoms with Crippen LogP contribution in [0, 0.1) is 6.92 Å². The maximum absolute atomic E-state index is 11.9. The maximum atomic E-state index is 11.9. The number of hydrogen-bond donors (Lipinski definition) is 1. The molecule has 2 rings (SSSR count). The molecular formula is C12H16N2O2. The molecule has 0 unspecified atom stereocenters. The molecule has 1 amide bonds. The minimum Gasteiger partial charge on any atom is -0.490 e. The number of rotatable bonds is 2. The van der Waals surface area contributed by atoms with Crippen LogP contribution >= 0.6 is 0 Å². The number of hydrogen-bond acceptors (Lipinski definition) is 3. The van der Waals surface area contributed by atoms with Gasteiger partial charge in [0.15, 0.2) is 0 Å². The molecule has 0 fully saturated rings. The van der Waals surface area contributed by atoms with Crippen LogP contribution in [-0.4, -0.2) is 32.7 Å². The van der Waals surface area contributed by atoms with Crippen molar-refractivity contribution < 1.29 is 9.53 Å². The summed E-state index contributed by atoms with van der Waals surface area (Å²) in [7, 11) is 1.77. The van der Waals surface area contributed by atoms with Crippen molar-refractivity contribution >= 4 is 11.6 Å². The van der Waals surface area contributed by atoms with Crippen molar-refractivity contribution in [1.82, 2.24) is 5.32 Å². The molecule has 0 saturated carbocycles. The van der Waals surface area contributed by atoms with Crippen molar-refractivity contribution in [3.05, 3.63) is 23.8 Å². The Morgan fingerprint density at radius 2 is 2.38 bits per heavy atom. The van der Waals surface area contributed by atoms with Crippen LogP contribution in [0.4, 0.5) is 5.69 Å². The van der Waals surface area contributed by atoms with Crippen LogP contribution < -0.4 is 15.0 Å². The standard InChI is InChI=1S/C12H16N2O2/c1-9-3-4-10-11(7-9)16-6-5-14(10)12(15)8-13-2/h3-4,7,13H,5-6,8H2,1-2H3. The molecule has 1 aliphatic rings. The Kier molecular flexibility index (Phi) is 3.10. The molecule has 0 aliphatic carbocycles. The zero-order valence-corrected chi connectivity index (χ0v) is 9.62. The van der Waals surface area contributed by atoms with Crippen molar-refractivity contribution in [2.24, 2.45) is 0 Å². The van der Waals surface area contributed by atoms with Gasteiger partial charge in [-0.3, -0.25) is 4.79 Å². The Hall–Kier alpha value is -1.55. The first kappa shape index (κ1) is 11.0. The van der Waals surface area contributed by atoms with Crippen LogP contribution in [-0.2, 0) is 4.79 Å². The zero-order valence-electron chi connectivity index (χ0n) is 9.62. The minimum absolute atomic E-state index is 0.0795. The highest BCUT2D eigenvalue weighted by Gasteiger charge is 2.22. The van der Waals surface area contributed by atoms with E-state index < -0.39 is 0 Å². The lowest BCUT2D eigenvalue weighted by atomic mass is 10.1. The number of likely N-dealkylation sites (N-methyl/N-ethyl adjacent to an activating group) is 1. The monoisotopic (exact) mass is 220 g/mol. The molecule has 0 bridgehead atoms. The Labute approximate surface area is 95.2 Å². The van der Waals surface area contributed by atoms with E-state index in [9.17, 15) is 4.79 Å². The summed E-state index contributed by atoms with van der Waals surface area (Å²) < 4.78 is 5.55. The second kappa shape index (κ2) is 4.53. The Morgan fingerprint density at radius 3 is 3.12 bits per heavy atom. The summed E-state index contributed by atoms with van der Waals surface area (Å²) in [6, 6.07) is 5.90. The van der Waals surface area contributed by atoms with Crippen LogP contribution in [0.25, 0.3) is 0 Å². The number of carbonyl (C=O) groups is 1. The SMILES string of the molecule is CNCC(=O)N1CCOc2cc(C)ccc21. The first-order valence-corrected chi connectivity index (χ1v) is 5.41. The van der Waals surface area contributed by atoms with Crippen molar-refractivity contribution in [3.63, 3.8) is 0 Å². The fourth-order valence-electron chi connectivity index (χ4n) is 1.83. The van der Waals surface area contributed by atoms with Gasteiger partial charge < -0.3 is 15.0 Å². The van der Waals surface area contributed by atoms with E-state index in [-0.39, 0.29) is 5.91 Å². The molecule has 1 aliphatic heterocycles. The van der Waals surface area contributed by atoms with Gasteiger partial charge >= 0.3 is 0 Å². The van der Waals surface area contributed by atoms with E-state index in [4.69, 9.17) is 4.74 Å². The van der Waals surface area contributed by atoms with Gasteiger partial charge in [0.25, 0.3) is 0 Å². The van der Waals surface area contributed by atoms with Gasteiger partial charge in [0.05, 0.1) is 18.8 Å².